The van der Waals surface area contributed by atoms with E-state index in [1.807, 2.05) is 31.6 Å². The molecule has 2 aromatic heterocycles. The molecule has 0 saturated carbocycles. The standard InChI is InChI=1S/C23H24N4O2/c1-27-16-18(15-25-27)12-13-24-23(28)19-10-11-21-20(14-19)26-22(29-21)9-5-8-17-6-3-2-4-7-17/h2-4,6-7,10-11,14-16H,5,8-9,12-13H2,1H3,(H,24,28). The van der Waals surface area contributed by atoms with Crippen LogP contribution in [-0.4, -0.2) is 27.2 Å². The molecule has 0 saturated heterocycles. The van der Waals surface area contributed by atoms with Crippen LogP contribution < -0.4 is 5.32 Å². The zero-order valence-electron chi connectivity index (χ0n) is 16.5. The van der Waals surface area contributed by atoms with Crippen LogP contribution in [0, 0.1) is 0 Å². The fourth-order valence-electron chi connectivity index (χ4n) is 3.34. The van der Waals surface area contributed by atoms with E-state index in [1.54, 1.807) is 16.8 Å². The molecule has 2 heterocycles. The molecule has 4 aromatic rings. The van der Waals surface area contributed by atoms with Gasteiger partial charge in [-0.3, -0.25) is 9.48 Å². The fourth-order valence-corrected chi connectivity index (χ4v) is 3.34. The van der Waals surface area contributed by atoms with E-state index in [9.17, 15) is 4.79 Å². The van der Waals surface area contributed by atoms with Gasteiger partial charge >= 0.3 is 0 Å². The van der Waals surface area contributed by atoms with Crippen LogP contribution in [0.15, 0.2) is 65.3 Å². The average molecular weight is 388 g/mol. The molecule has 6 heteroatoms. The largest absolute Gasteiger partial charge is 0.441 e. The first-order chi connectivity index (χ1) is 14.2. The molecule has 0 spiro atoms. The van der Waals surface area contributed by atoms with Crippen LogP contribution in [0.3, 0.4) is 0 Å². The number of hydrogen-bond donors (Lipinski definition) is 1. The van der Waals surface area contributed by atoms with Crippen LogP contribution in [0.25, 0.3) is 11.1 Å². The Kier molecular flexibility index (Phi) is 5.70. The summed E-state index contributed by atoms with van der Waals surface area (Å²) in [4.78, 5) is 17.0. The highest BCUT2D eigenvalue weighted by molar-refractivity contribution is 5.97. The maximum Gasteiger partial charge on any atom is 0.251 e. The second kappa shape index (κ2) is 8.73. The number of aromatic nitrogens is 3. The molecule has 0 unspecified atom stereocenters. The van der Waals surface area contributed by atoms with Gasteiger partial charge in [-0.25, -0.2) is 4.98 Å². The number of hydrogen-bond acceptors (Lipinski definition) is 4. The van der Waals surface area contributed by atoms with E-state index in [1.165, 1.54) is 5.56 Å². The van der Waals surface area contributed by atoms with Gasteiger partial charge in [0, 0.05) is 31.8 Å². The second-order valence-electron chi connectivity index (χ2n) is 7.16. The number of carbonyl (C=O) groups is 1. The maximum atomic E-state index is 12.4. The number of fused-ring (bicyclic) bond motifs is 1. The van der Waals surface area contributed by atoms with Gasteiger partial charge in [0.05, 0.1) is 6.20 Å². The number of carbonyl (C=O) groups excluding carboxylic acids is 1. The lowest BCUT2D eigenvalue weighted by molar-refractivity contribution is 0.0954. The highest BCUT2D eigenvalue weighted by atomic mass is 16.3. The first-order valence-electron chi connectivity index (χ1n) is 9.86. The molecule has 0 fully saturated rings. The molecule has 0 aliphatic carbocycles. The summed E-state index contributed by atoms with van der Waals surface area (Å²) >= 11 is 0. The van der Waals surface area contributed by atoms with Crippen molar-refractivity contribution < 1.29 is 9.21 Å². The highest BCUT2D eigenvalue weighted by Gasteiger charge is 2.11. The van der Waals surface area contributed by atoms with Gasteiger partial charge in [-0.1, -0.05) is 30.3 Å². The fraction of sp³-hybridized carbons (Fsp3) is 0.261. The molecule has 29 heavy (non-hydrogen) atoms. The third kappa shape index (κ3) is 4.90. The van der Waals surface area contributed by atoms with E-state index in [4.69, 9.17) is 4.42 Å². The minimum atomic E-state index is -0.107. The molecule has 0 radical (unpaired) electrons. The Morgan fingerprint density at radius 2 is 1.93 bits per heavy atom. The van der Waals surface area contributed by atoms with Gasteiger partial charge in [0.25, 0.3) is 5.91 Å². The number of nitrogens with zero attached hydrogens (tertiary/aromatic N) is 3. The summed E-state index contributed by atoms with van der Waals surface area (Å²) in [6.07, 6.45) is 7.25. The third-order valence-corrected chi connectivity index (χ3v) is 4.85. The predicted molar refractivity (Wildman–Crippen MR) is 112 cm³/mol. The van der Waals surface area contributed by atoms with Crippen molar-refractivity contribution in [2.75, 3.05) is 6.54 Å². The van der Waals surface area contributed by atoms with Gasteiger partial charge < -0.3 is 9.73 Å². The second-order valence-corrected chi connectivity index (χ2v) is 7.16. The Labute approximate surface area is 169 Å². The molecule has 6 nitrogen and oxygen atoms in total. The zero-order valence-corrected chi connectivity index (χ0v) is 16.5. The molecule has 1 amide bonds. The van der Waals surface area contributed by atoms with Crippen molar-refractivity contribution in [3.05, 3.63) is 83.5 Å². The summed E-state index contributed by atoms with van der Waals surface area (Å²) in [6.45, 7) is 0.562. The van der Waals surface area contributed by atoms with Crippen molar-refractivity contribution in [1.82, 2.24) is 20.1 Å². The van der Waals surface area contributed by atoms with Crippen LogP contribution >= 0.6 is 0 Å². The van der Waals surface area contributed by atoms with Crippen LogP contribution in [-0.2, 0) is 26.3 Å². The monoisotopic (exact) mass is 388 g/mol. The maximum absolute atomic E-state index is 12.4. The van der Waals surface area contributed by atoms with E-state index in [2.05, 4.69) is 39.7 Å². The molecule has 2 aromatic carbocycles. The molecule has 4 rings (SSSR count). The van der Waals surface area contributed by atoms with Crippen molar-refractivity contribution in [2.24, 2.45) is 7.05 Å². The van der Waals surface area contributed by atoms with Crippen LogP contribution in [0.1, 0.15) is 33.8 Å². The quantitative estimate of drug-likeness (QED) is 0.499. The first-order valence-corrected chi connectivity index (χ1v) is 9.86. The van der Waals surface area contributed by atoms with E-state index < -0.39 is 0 Å². The van der Waals surface area contributed by atoms with Crippen molar-refractivity contribution in [3.63, 3.8) is 0 Å². The Hall–Kier alpha value is -3.41. The van der Waals surface area contributed by atoms with Gasteiger partial charge in [-0.2, -0.15) is 5.10 Å². The molecule has 0 aliphatic heterocycles. The minimum absolute atomic E-state index is 0.107. The van der Waals surface area contributed by atoms with Crippen LogP contribution in [0.5, 0.6) is 0 Å². The van der Waals surface area contributed by atoms with Crippen LogP contribution in [0.4, 0.5) is 0 Å². The van der Waals surface area contributed by atoms with Gasteiger partial charge in [-0.05, 0) is 48.6 Å². The Morgan fingerprint density at radius 3 is 2.72 bits per heavy atom. The van der Waals surface area contributed by atoms with Crippen molar-refractivity contribution in [2.45, 2.75) is 25.7 Å². The number of benzene rings is 2. The number of rotatable bonds is 8. The number of aryl methyl sites for hydroxylation is 3. The predicted octanol–water partition coefficient (Wildman–Crippen LogP) is 3.71. The molecule has 0 aliphatic rings. The highest BCUT2D eigenvalue weighted by Crippen LogP contribution is 2.19. The lowest BCUT2D eigenvalue weighted by atomic mass is 10.1. The van der Waals surface area contributed by atoms with Crippen molar-refractivity contribution in [3.8, 4) is 0 Å². The Bertz CT molecular complexity index is 1100. The Balaban J connectivity index is 1.32. The summed E-state index contributed by atoms with van der Waals surface area (Å²) < 4.78 is 7.59. The smallest absolute Gasteiger partial charge is 0.251 e. The molecule has 1 N–H and O–H groups in total. The molecule has 0 atom stereocenters. The van der Waals surface area contributed by atoms with Crippen molar-refractivity contribution >= 4 is 17.0 Å². The molecule has 148 valence electrons. The van der Waals surface area contributed by atoms with Gasteiger partial charge in [-0.15, -0.1) is 0 Å². The number of oxazole rings is 1. The van der Waals surface area contributed by atoms with Gasteiger partial charge in [0.15, 0.2) is 11.5 Å². The average Bonchev–Trinajstić information content (AvgIpc) is 3.33. The van der Waals surface area contributed by atoms with E-state index in [0.29, 0.717) is 23.6 Å². The topological polar surface area (TPSA) is 73.0 Å². The van der Waals surface area contributed by atoms with Gasteiger partial charge in [0.2, 0.25) is 0 Å². The summed E-state index contributed by atoms with van der Waals surface area (Å²) in [5, 5.41) is 7.08. The number of nitrogens with one attached hydrogen (secondary N) is 1. The van der Waals surface area contributed by atoms with E-state index in [0.717, 1.165) is 36.8 Å². The summed E-state index contributed by atoms with van der Waals surface area (Å²) in [6, 6.07) is 15.8. The normalized spacial score (nSPS) is 11.1. The SMILES string of the molecule is Cn1cc(CCNC(=O)c2ccc3oc(CCCc4ccccc4)nc3c2)cn1. The minimum Gasteiger partial charge on any atom is -0.441 e. The van der Waals surface area contributed by atoms with Gasteiger partial charge in [0.1, 0.15) is 5.52 Å². The summed E-state index contributed by atoms with van der Waals surface area (Å²) in [7, 11) is 1.88. The zero-order chi connectivity index (χ0) is 20.1. The Morgan fingerprint density at radius 1 is 1.07 bits per heavy atom. The number of amides is 1. The van der Waals surface area contributed by atoms with Crippen LogP contribution in [0.2, 0.25) is 0 Å². The summed E-state index contributed by atoms with van der Waals surface area (Å²) in [5.41, 5.74) is 4.44. The first kappa shape index (κ1) is 18.9. The molecular weight excluding hydrogens is 364 g/mol. The lowest BCUT2D eigenvalue weighted by Gasteiger charge is -2.04. The molecular formula is C23H24N4O2. The summed E-state index contributed by atoms with van der Waals surface area (Å²) in [5.74, 6) is 0.606. The van der Waals surface area contributed by atoms with Crippen molar-refractivity contribution in [1.29, 1.82) is 0 Å². The lowest BCUT2D eigenvalue weighted by Crippen LogP contribution is -2.25. The van der Waals surface area contributed by atoms with E-state index >= 15 is 0 Å². The molecule has 0 bridgehead atoms. The van der Waals surface area contributed by atoms with E-state index in [-0.39, 0.29) is 5.91 Å². The third-order valence-electron chi connectivity index (χ3n) is 4.85.